The first kappa shape index (κ1) is 26.1. The van der Waals surface area contributed by atoms with Gasteiger partial charge in [0.25, 0.3) is 0 Å². The zero-order valence-corrected chi connectivity index (χ0v) is 19.5. The number of ketones is 2. The third-order valence-electron chi connectivity index (χ3n) is 2.32. The molecule has 0 radical (unpaired) electrons. The van der Waals surface area contributed by atoms with E-state index in [0.29, 0.717) is 0 Å². The fourth-order valence-corrected chi connectivity index (χ4v) is 3.39. The van der Waals surface area contributed by atoms with Crippen LogP contribution in [0.15, 0.2) is 35.0 Å². The Morgan fingerprint density at radius 1 is 0.920 bits per heavy atom. The molecule has 0 aliphatic heterocycles. The number of amidine groups is 1. The van der Waals surface area contributed by atoms with E-state index in [1.165, 1.54) is 13.8 Å². The zero-order chi connectivity index (χ0) is 19.0. The molecule has 1 aromatic rings. The number of rotatable bonds is 5. The van der Waals surface area contributed by atoms with E-state index in [4.69, 9.17) is 9.64 Å². The Morgan fingerprint density at radius 3 is 1.64 bits per heavy atom. The van der Waals surface area contributed by atoms with Crippen LogP contribution in [0.4, 0.5) is 0 Å². The summed E-state index contributed by atoms with van der Waals surface area (Å²) < 4.78 is 4.89. The van der Waals surface area contributed by atoms with E-state index in [1.54, 1.807) is 0 Å². The van der Waals surface area contributed by atoms with E-state index in [1.807, 2.05) is 6.07 Å². The van der Waals surface area contributed by atoms with Crippen LogP contribution < -0.4 is 0 Å². The van der Waals surface area contributed by atoms with Crippen molar-refractivity contribution in [1.29, 1.82) is 0 Å². The third-order valence-corrected chi connectivity index (χ3v) is 4.09. The summed E-state index contributed by atoms with van der Waals surface area (Å²) in [5.41, 5.74) is 1.15. The first-order valence-electron chi connectivity index (χ1n) is 8.04. The summed E-state index contributed by atoms with van der Waals surface area (Å²) in [5.74, 6) is 0.587. The molecule has 0 saturated heterocycles. The van der Waals surface area contributed by atoms with E-state index in [2.05, 4.69) is 63.5 Å². The van der Waals surface area contributed by atoms with Crippen LogP contribution >= 0.6 is 0 Å². The Labute approximate surface area is 165 Å². The molecule has 0 bridgehead atoms. The molecule has 0 aromatic heterocycles. The molecule has 0 amide bonds. The molecule has 0 fully saturated rings. The van der Waals surface area contributed by atoms with Gasteiger partial charge >= 0.3 is 16.5 Å². The van der Waals surface area contributed by atoms with E-state index in [9.17, 15) is 9.59 Å². The van der Waals surface area contributed by atoms with Crippen LogP contribution in [0.25, 0.3) is 4.98 Å². The first-order valence-corrected chi connectivity index (χ1v) is 14.9. The Morgan fingerprint density at radius 2 is 1.36 bits per heavy atom. The Bertz CT molecular complexity index is 565. The molecule has 25 heavy (non-hydrogen) atoms. The van der Waals surface area contributed by atoms with E-state index in [0.717, 1.165) is 17.8 Å². The van der Waals surface area contributed by atoms with Crippen molar-refractivity contribution in [2.45, 2.75) is 53.1 Å². The van der Waals surface area contributed by atoms with Crippen molar-refractivity contribution in [1.82, 2.24) is 0 Å². The van der Waals surface area contributed by atoms with Crippen LogP contribution in [0.1, 0.15) is 19.4 Å². The smallest absolute Gasteiger partial charge is 0.472 e. The van der Waals surface area contributed by atoms with Gasteiger partial charge in [-0.15, -0.1) is 0 Å². The SMILES string of the molecule is CC(=O)[CH-]C(C)=O.C[Si](C)(C)N=C([N-][Si](C)(C)C)c1ccccc1.[Ni+2]. The average Bonchev–Trinajstić information content (AvgIpc) is 2.34. The fraction of sp³-hybridized carbons (Fsp3) is 0.444. The van der Waals surface area contributed by atoms with Crippen LogP contribution in [0.2, 0.25) is 39.3 Å². The van der Waals surface area contributed by atoms with Gasteiger partial charge in [-0.1, -0.05) is 75.4 Å². The Balaban J connectivity index is 0. The molecular formula is C18H30N2NiO2Si2. The van der Waals surface area contributed by atoms with Gasteiger partial charge in [0.2, 0.25) is 0 Å². The fourth-order valence-electron chi connectivity index (χ4n) is 1.66. The Kier molecular flexibility index (Phi) is 11.9. The average molecular weight is 421 g/mol. The topological polar surface area (TPSA) is 60.6 Å². The van der Waals surface area contributed by atoms with Crippen LogP contribution in [0.3, 0.4) is 0 Å². The van der Waals surface area contributed by atoms with Gasteiger partial charge in [0.15, 0.2) is 0 Å². The minimum atomic E-state index is -1.49. The summed E-state index contributed by atoms with van der Waals surface area (Å²) in [6.07, 6.45) is 1.06. The van der Waals surface area contributed by atoms with E-state index < -0.39 is 16.5 Å². The van der Waals surface area contributed by atoms with Crippen molar-refractivity contribution in [2.24, 2.45) is 4.66 Å². The van der Waals surface area contributed by atoms with Gasteiger partial charge in [-0.3, -0.25) is 6.42 Å². The largest absolute Gasteiger partial charge is 2.00 e. The maximum atomic E-state index is 9.98. The van der Waals surface area contributed by atoms with Crippen LogP contribution in [-0.4, -0.2) is 33.9 Å². The zero-order valence-electron chi connectivity index (χ0n) is 16.5. The molecule has 7 heteroatoms. The predicted molar refractivity (Wildman–Crippen MR) is 109 cm³/mol. The van der Waals surface area contributed by atoms with Gasteiger partial charge in [-0.25, -0.2) is 0 Å². The van der Waals surface area contributed by atoms with Gasteiger partial charge in [-0.05, 0) is 19.4 Å². The summed E-state index contributed by atoms with van der Waals surface area (Å²) in [6, 6.07) is 10.3. The summed E-state index contributed by atoms with van der Waals surface area (Å²) >= 11 is 0. The van der Waals surface area contributed by atoms with Gasteiger partial charge in [-0.2, -0.15) is 0 Å². The molecule has 4 nitrogen and oxygen atoms in total. The second-order valence-electron chi connectivity index (χ2n) is 7.62. The number of carbonyl (C=O) groups excluding carboxylic acids is 2. The number of nitrogens with zero attached hydrogens (tertiary/aromatic N) is 2. The number of hydrogen-bond donors (Lipinski definition) is 0. The van der Waals surface area contributed by atoms with Gasteiger partial charge in [0, 0.05) is 28.0 Å². The molecule has 0 atom stereocenters. The maximum absolute atomic E-state index is 9.98. The molecule has 0 saturated carbocycles. The van der Waals surface area contributed by atoms with E-state index >= 15 is 0 Å². The van der Waals surface area contributed by atoms with Gasteiger partial charge in [0.1, 0.15) is 0 Å². The summed E-state index contributed by atoms with van der Waals surface area (Å²) in [6.45, 7) is 16.2. The number of hydrogen-bond acceptors (Lipinski definition) is 3. The van der Waals surface area contributed by atoms with Gasteiger partial charge in [0.05, 0.1) is 0 Å². The summed E-state index contributed by atoms with van der Waals surface area (Å²) in [7, 11) is -2.97. The molecule has 1 rings (SSSR count). The van der Waals surface area contributed by atoms with Gasteiger partial charge < -0.3 is 19.2 Å². The quantitative estimate of drug-likeness (QED) is 0.225. The molecule has 0 aliphatic carbocycles. The molecule has 1 aromatic carbocycles. The standard InChI is InChI=1S/C13H23N2Si2.C5H7O2.Ni/c1-16(2,3)14-13(15-17(4,5)6)12-10-8-7-9-11-12;1-4(6)3-5(2)7;/h7-11H,1-6H3;3H,1-2H3;/q2*-1;+2. The van der Waals surface area contributed by atoms with Crippen LogP contribution in [-0.2, 0) is 26.1 Å². The van der Waals surface area contributed by atoms with Crippen LogP contribution in [0.5, 0.6) is 0 Å². The molecule has 0 aliphatic rings. The van der Waals surface area contributed by atoms with Crippen molar-refractivity contribution in [2.75, 3.05) is 0 Å². The molecule has 142 valence electrons. The first-order chi connectivity index (χ1) is 10.8. The number of carbonyl (C=O) groups is 2. The second-order valence-corrected chi connectivity index (χ2v) is 16.8. The Hall–Kier alpha value is -1.17. The van der Waals surface area contributed by atoms with Crippen molar-refractivity contribution in [3.05, 3.63) is 47.3 Å². The van der Waals surface area contributed by atoms with Crippen LogP contribution in [0, 0.1) is 6.42 Å². The minimum absolute atomic E-state index is 0. The van der Waals surface area contributed by atoms with Crippen molar-refractivity contribution in [3.63, 3.8) is 0 Å². The monoisotopic (exact) mass is 420 g/mol. The summed E-state index contributed by atoms with van der Waals surface area (Å²) in [5, 5.41) is 0. The molecule has 0 N–H and O–H groups in total. The van der Waals surface area contributed by atoms with Crippen molar-refractivity contribution in [3.8, 4) is 0 Å². The molecule has 0 unspecified atom stereocenters. The minimum Gasteiger partial charge on any atom is -0.472 e. The third kappa shape index (κ3) is 16.1. The second kappa shape index (κ2) is 11.4. The van der Waals surface area contributed by atoms with E-state index in [-0.39, 0.29) is 28.1 Å². The maximum Gasteiger partial charge on any atom is 2.00 e. The normalized spacial score (nSPS) is 11.4. The molecule has 0 spiro atoms. The summed E-state index contributed by atoms with van der Waals surface area (Å²) in [4.78, 5) is 24.8. The predicted octanol–water partition coefficient (Wildman–Crippen LogP) is 4.84. The van der Waals surface area contributed by atoms with Crippen molar-refractivity contribution >= 4 is 33.9 Å². The molecule has 0 heterocycles. The number of benzene rings is 1. The molecular weight excluding hydrogens is 391 g/mol. The van der Waals surface area contributed by atoms with Crippen molar-refractivity contribution < 1.29 is 26.1 Å². The number of Topliss-reactive ketones (excluding diaryl/α,β-unsaturated/α-hetero) is 2.